The third kappa shape index (κ3) is 23.7. The number of imidazole rings is 4. The number of hydrogen-bond donors (Lipinski definition) is 6. The molecule has 0 aliphatic heterocycles. The van der Waals surface area contributed by atoms with E-state index in [4.69, 9.17) is 30.8 Å². The molecule has 4 aromatic heterocycles. The monoisotopic (exact) mass is 987 g/mol. The average Bonchev–Trinajstić information content (AvgIpc) is 4.17. The van der Waals surface area contributed by atoms with E-state index >= 15 is 0 Å². The van der Waals surface area contributed by atoms with E-state index in [0.717, 1.165) is 11.4 Å². The molecule has 0 aliphatic rings. The van der Waals surface area contributed by atoms with Gasteiger partial charge in [-0.25, -0.2) is 43.9 Å². The van der Waals surface area contributed by atoms with Gasteiger partial charge in [0, 0.05) is 70.9 Å². The van der Waals surface area contributed by atoms with E-state index in [1.807, 2.05) is 41.7 Å². The molecular formula is C46H59AlLiN13O10. The van der Waals surface area contributed by atoms with Crippen molar-refractivity contribution in [3.8, 4) is 5.75 Å². The summed E-state index contributed by atoms with van der Waals surface area (Å²) in [6, 6.07) is 21.3. The normalized spacial score (nSPS) is 9.51. The van der Waals surface area contributed by atoms with E-state index in [2.05, 4.69) is 35.9 Å². The summed E-state index contributed by atoms with van der Waals surface area (Å²) in [6.07, 6.45) is 12.5. The fourth-order valence-corrected chi connectivity index (χ4v) is 5.09. The summed E-state index contributed by atoms with van der Waals surface area (Å²) in [5.74, 6) is -1.80. The predicted molar refractivity (Wildman–Crippen MR) is 264 cm³/mol. The van der Waals surface area contributed by atoms with Crippen molar-refractivity contribution in [3.05, 3.63) is 163 Å². The minimum Gasteiger partial charge on any atom is -1.00 e. The Morgan fingerprint density at radius 2 is 1.06 bits per heavy atom. The van der Waals surface area contributed by atoms with Gasteiger partial charge in [-0.3, -0.25) is 10.1 Å². The number of aryl methyl sites for hydroxylation is 4. The second kappa shape index (κ2) is 32.7. The minimum absolute atomic E-state index is 0. The zero-order valence-electron chi connectivity index (χ0n) is 40.8. The molecule has 0 saturated heterocycles. The smallest absolute Gasteiger partial charge is 1.00 e. The molecule has 25 heteroatoms. The molecular weight excluding hydrogens is 929 g/mol. The fraction of sp³-hybridized carbons (Fsp3) is 0.217. The summed E-state index contributed by atoms with van der Waals surface area (Å²) >= 11 is 0. The van der Waals surface area contributed by atoms with Crippen LogP contribution in [0.2, 0.25) is 0 Å². The van der Waals surface area contributed by atoms with Crippen LogP contribution < -0.4 is 51.0 Å². The molecule has 7 aromatic rings. The first-order chi connectivity index (χ1) is 33.0. The fourth-order valence-electron chi connectivity index (χ4n) is 5.09. The number of hydrogen-bond acceptors (Lipinski definition) is 14. The number of ether oxygens (including phenoxy) is 3. The summed E-state index contributed by atoms with van der Waals surface area (Å²) in [5, 5.41) is 16.3. The van der Waals surface area contributed by atoms with Gasteiger partial charge in [0.05, 0.1) is 67.6 Å². The standard InChI is InChI=1S/C16H15NO4.C15H18N4O3.C5H7N3O.C5H9N3.C5H6N2O2.Al.Li.4H/c1-2-20-15(18)12-8-10-13(11-9-12)17-16(19)21-14-6-4-3-5-7-14;1-3-22-14(20)11-4-6-12(7-5-11)18-15(21)16-8-13-9-19(2)10-17-13;1-8-2-4(5(6)9)7-3-8;1-8-3-5(2-6)7-4-8;1-7-2-4(5(8)9)6-3-7;;;;;;/h3-11H,2H2,1H3,(H,17,19);4-7,9-10H,3,8H2,1-2H3,(H2,16,18,21);2-3H,1H3,(H2,6,9);3-4H,2,6H2,1H3;2-3H,1H3,(H,8,9);;;;;;/q;;;;;;+1;;;;-1. The molecule has 0 atom stereocenters. The van der Waals surface area contributed by atoms with Gasteiger partial charge in [-0.1, -0.05) is 18.2 Å². The van der Waals surface area contributed by atoms with E-state index < -0.39 is 23.9 Å². The molecule has 71 heavy (non-hydrogen) atoms. The zero-order valence-corrected chi connectivity index (χ0v) is 39.8. The third-order valence-electron chi connectivity index (χ3n) is 8.29. The third-order valence-corrected chi connectivity index (χ3v) is 8.29. The summed E-state index contributed by atoms with van der Waals surface area (Å²) in [6.45, 7) is 5.01. The molecule has 0 bridgehead atoms. The molecule has 7 rings (SSSR count). The second-order valence-corrected chi connectivity index (χ2v) is 14.0. The maximum absolute atomic E-state index is 11.8. The summed E-state index contributed by atoms with van der Waals surface area (Å²) in [7, 11) is 7.28. The Morgan fingerprint density at radius 1 is 0.620 bits per heavy atom. The Balaban J connectivity index is 0.000000924. The number of esters is 2. The van der Waals surface area contributed by atoms with Crippen molar-refractivity contribution in [2.75, 3.05) is 23.8 Å². The van der Waals surface area contributed by atoms with Crippen LogP contribution in [0.3, 0.4) is 0 Å². The van der Waals surface area contributed by atoms with Gasteiger partial charge in [-0.15, -0.1) is 0 Å². The van der Waals surface area contributed by atoms with Crippen molar-refractivity contribution in [1.29, 1.82) is 0 Å². The van der Waals surface area contributed by atoms with Crippen LogP contribution in [0.15, 0.2) is 129 Å². The Kier molecular flexibility index (Phi) is 28.1. The number of carbonyl (C=O) groups is 6. The Hall–Kier alpha value is -7.99. The summed E-state index contributed by atoms with van der Waals surface area (Å²) in [5.41, 5.74) is 14.3. The van der Waals surface area contributed by atoms with Gasteiger partial charge in [0.1, 0.15) is 11.4 Å². The number of anilines is 2. The molecule has 23 nitrogen and oxygen atoms in total. The number of nitrogens with zero attached hydrogens (tertiary/aromatic N) is 8. The molecule has 4 amide bonds. The molecule has 8 N–H and O–H groups in total. The molecule has 0 fully saturated rings. The molecule has 0 aliphatic carbocycles. The van der Waals surface area contributed by atoms with Crippen molar-refractivity contribution < 1.29 is 68.4 Å². The first kappa shape index (κ1) is 61.0. The number of benzene rings is 3. The maximum atomic E-state index is 11.8. The van der Waals surface area contributed by atoms with Gasteiger partial charge in [-0.2, -0.15) is 0 Å². The molecule has 4 heterocycles. The SMILES string of the molecule is CCOC(=O)c1ccc(NC(=O)NCc2cn(C)cn2)cc1.CCOC(=O)c1ccc(NC(=O)Oc2ccccc2)cc1.Cn1cnc(C(=O)O)c1.Cn1cnc(C(N)=O)c1.Cn1cnc(CN)c1.[AlH3].[H-].[Li+]. The Morgan fingerprint density at radius 3 is 1.41 bits per heavy atom. The van der Waals surface area contributed by atoms with Crippen LogP contribution in [0.1, 0.15) is 68.4 Å². The molecule has 0 radical (unpaired) electrons. The van der Waals surface area contributed by atoms with Crippen molar-refractivity contribution >= 4 is 64.7 Å². The van der Waals surface area contributed by atoms with Crippen LogP contribution in [-0.2, 0) is 50.8 Å². The van der Waals surface area contributed by atoms with Gasteiger partial charge >= 0.3 is 48.9 Å². The number of amides is 4. The largest absolute Gasteiger partial charge is 1.00 e. The van der Waals surface area contributed by atoms with Crippen LogP contribution >= 0.6 is 0 Å². The van der Waals surface area contributed by atoms with E-state index in [9.17, 15) is 28.8 Å². The molecule has 0 saturated carbocycles. The number of rotatable bonds is 12. The van der Waals surface area contributed by atoms with Gasteiger partial charge < -0.3 is 61.1 Å². The molecule has 3 aromatic carbocycles. The van der Waals surface area contributed by atoms with Crippen LogP contribution in [0.25, 0.3) is 0 Å². The number of carbonyl (C=O) groups excluding carboxylic acids is 5. The quantitative estimate of drug-likeness (QED) is 0.0730. The molecule has 0 unspecified atom stereocenters. The van der Waals surface area contributed by atoms with Crippen LogP contribution in [0.5, 0.6) is 5.75 Å². The van der Waals surface area contributed by atoms with Gasteiger partial charge in [0.25, 0.3) is 5.91 Å². The number of aromatic nitrogens is 8. The van der Waals surface area contributed by atoms with Crippen molar-refractivity contribution in [3.63, 3.8) is 0 Å². The summed E-state index contributed by atoms with van der Waals surface area (Å²) in [4.78, 5) is 82.3. The number of para-hydroxylation sites is 1. The number of carboxylic acid groups (broad SMARTS) is 1. The number of urea groups is 1. The molecule has 372 valence electrons. The van der Waals surface area contributed by atoms with Gasteiger partial charge in [-0.05, 0) is 74.5 Å². The zero-order chi connectivity index (χ0) is 50.7. The minimum atomic E-state index is -0.990. The number of nitrogens with one attached hydrogen (secondary N) is 3. The Bertz CT molecular complexity index is 2670. The molecule has 0 spiro atoms. The topological polar surface area (TPSA) is 310 Å². The van der Waals surface area contributed by atoms with Crippen molar-refractivity contribution in [2.45, 2.75) is 26.9 Å². The second-order valence-electron chi connectivity index (χ2n) is 14.0. The van der Waals surface area contributed by atoms with Gasteiger partial charge in [0.2, 0.25) is 0 Å². The number of carboxylic acids is 1. The van der Waals surface area contributed by atoms with Crippen molar-refractivity contribution in [2.24, 2.45) is 39.7 Å². The van der Waals surface area contributed by atoms with E-state index in [1.165, 1.54) is 18.9 Å². The summed E-state index contributed by atoms with van der Waals surface area (Å²) < 4.78 is 21.8. The maximum Gasteiger partial charge on any atom is 1.00 e. The number of nitrogens with two attached hydrogens (primary N) is 2. The van der Waals surface area contributed by atoms with Crippen LogP contribution in [-0.4, -0.2) is 110 Å². The number of aromatic carboxylic acids is 1. The van der Waals surface area contributed by atoms with Crippen LogP contribution in [0, 0.1) is 0 Å². The van der Waals surface area contributed by atoms with Crippen LogP contribution in [0.4, 0.5) is 21.0 Å². The first-order valence-electron chi connectivity index (χ1n) is 20.8. The van der Waals surface area contributed by atoms with Gasteiger partial charge in [0.15, 0.2) is 23.1 Å². The van der Waals surface area contributed by atoms with E-state index in [1.54, 1.807) is 129 Å². The predicted octanol–water partition coefficient (Wildman–Crippen LogP) is 0.841. The van der Waals surface area contributed by atoms with E-state index in [0.29, 0.717) is 60.2 Å². The Labute approximate surface area is 433 Å². The van der Waals surface area contributed by atoms with Crippen molar-refractivity contribution in [1.82, 2.24) is 43.5 Å². The number of primary amides is 1. The average molecular weight is 988 g/mol. The first-order valence-corrected chi connectivity index (χ1v) is 20.8. The van der Waals surface area contributed by atoms with E-state index in [-0.39, 0.29) is 55.3 Å².